The summed E-state index contributed by atoms with van der Waals surface area (Å²) in [7, 11) is 0. The van der Waals surface area contributed by atoms with E-state index >= 15 is 0 Å². The van der Waals surface area contributed by atoms with Crippen LogP contribution in [0.2, 0.25) is 0 Å². The molecule has 0 atom stereocenters. The first kappa shape index (κ1) is 38.4. The standard InChI is InChI=1S/C68H41NS/c1-8-25-57-47(16-1)48-17-2-9-26-58(48)67(57)61-29-12-5-20-51(61)53-38-36-44(40-63(53)67)69(43-34-32-42(33-35-43)46-23-15-24-56-55-22-7-14-31-65(55)70-66(46)56)45-37-39-54-52-21-6-13-30-62(52)68(64(54)41-45)59-27-10-3-18-49(59)50-19-4-11-28-60(50)68/h1-41H. The molecule has 324 valence electrons. The van der Waals surface area contributed by atoms with Crippen molar-refractivity contribution in [2.45, 2.75) is 10.8 Å². The van der Waals surface area contributed by atoms with Crippen LogP contribution in [-0.2, 0) is 10.8 Å². The number of fused-ring (bicyclic) bond motifs is 23. The van der Waals surface area contributed by atoms with E-state index in [9.17, 15) is 0 Å². The maximum atomic E-state index is 2.53. The molecule has 0 amide bonds. The van der Waals surface area contributed by atoms with Crippen molar-refractivity contribution in [1.82, 2.24) is 0 Å². The summed E-state index contributed by atoms with van der Waals surface area (Å²) in [5.74, 6) is 0. The number of hydrogen-bond donors (Lipinski definition) is 0. The second kappa shape index (κ2) is 14.0. The smallest absolute Gasteiger partial charge is 0.0726 e. The quantitative estimate of drug-likeness (QED) is 0.170. The second-order valence-electron chi connectivity index (χ2n) is 19.4. The van der Waals surface area contributed by atoms with Crippen molar-refractivity contribution in [3.05, 3.63) is 293 Å². The highest BCUT2D eigenvalue weighted by molar-refractivity contribution is 7.26. The molecule has 0 N–H and O–H groups in total. The molecule has 16 rings (SSSR count). The van der Waals surface area contributed by atoms with Crippen LogP contribution in [-0.4, -0.2) is 0 Å². The fourth-order valence-corrected chi connectivity index (χ4v) is 14.9. The Morgan fingerprint density at radius 1 is 0.257 bits per heavy atom. The van der Waals surface area contributed by atoms with Crippen LogP contribution in [0, 0.1) is 0 Å². The van der Waals surface area contributed by atoms with Crippen LogP contribution < -0.4 is 4.90 Å². The molecule has 2 spiro atoms. The monoisotopic (exact) mass is 903 g/mol. The lowest BCUT2D eigenvalue weighted by molar-refractivity contribution is 0.792. The Hall–Kier alpha value is -8.56. The molecule has 1 nitrogen and oxygen atoms in total. The van der Waals surface area contributed by atoms with Crippen LogP contribution in [0.15, 0.2) is 249 Å². The molecule has 1 aromatic heterocycles. The Morgan fingerprint density at radius 2 is 0.600 bits per heavy atom. The fourth-order valence-electron chi connectivity index (χ4n) is 13.7. The van der Waals surface area contributed by atoms with Gasteiger partial charge in [0, 0.05) is 37.2 Å². The summed E-state index contributed by atoms with van der Waals surface area (Å²) in [6.07, 6.45) is 0. The van der Waals surface area contributed by atoms with E-state index < -0.39 is 10.8 Å². The summed E-state index contributed by atoms with van der Waals surface area (Å²) in [6, 6.07) is 94.2. The van der Waals surface area contributed by atoms with Crippen LogP contribution in [0.5, 0.6) is 0 Å². The van der Waals surface area contributed by atoms with Gasteiger partial charge < -0.3 is 4.90 Å². The van der Waals surface area contributed by atoms with Crippen LogP contribution >= 0.6 is 11.3 Å². The molecule has 70 heavy (non-hydrogen) atoms. The number of benzene rings is 11. The van der Waals surface area contributed by atoms with Crippen LogP contribution in [0.25, 0.3) is 75.8 Å². The van der Waals surface area contributed by atoms with Crippen LogP contribution in [0.3, 0.4) is 0 Å². The van der Waals surface area contributed by atoms with Crippen molar-refractivity contribution in [1.29, 1.82) is 0 Å². The van der Waals surface area contributed by atoms with Gasteiger partial charge in [-0.15, -0.1) is 11.3 Å². The van der Waals surface area contributed by atoms with Gasteiger partial charge in [-0.05, 0) is 143 Å². The zero-order valence-electron chi connectivity index (χ0n) is 38.0. The molecule has 2 heteroatoms. The molecule has 0 saturated carbocycles. The number of thiophene rings is 1. The summed E-state index contributed by atoms with van der Waals surface area (Å²) < 4.78 is 2.65. The highest BCUT2D eigenvalue weighted by Gasteiger charge is 2.53. The van der Waals surface area contributed by atoms with Gasteiger partial charge in [-0.3, -0.25) is 0 Å². The lowest BCUT2D eigenvalue weighted by Crippen LogP contribution is -2.26. The van der Waals surface area contributed by atoms with E-state index in [1.165, 1.54) is 120 Å². The highest BCUT2D eigenvalue weighted by atomic mass is 32.1. The van der Waals surface area contributed by atoms with Crippen LogP contribution in [0.4, 0.5) is 17.1 Å². The minimum Gasteiger partial charge on any atom is -0.310 e. The maximum absolute atomic E-state index is 2.53. The van der Waals surface area contributed by atoms with Gasteiger partial charge in [0.2, 0.25) is 0 Å². The van der Waals surface area contributed by atoms with Crippen molar-refractivity contribution in [2.24, 2.45) is 0 Å². The Labute approximate surface area is 410 Å². The Kier molecular flexibility index (Phi) is 7.69. The molecule has 12 aromatic rings. The molecular formula is C68H41NS. The lowest BCUT2D eigenvalue weighted by Gasteiger charge is -2.33. The highest BCUT2D eigenvalue weighted by Crippen LogP contribution is 2.65. The molecule has 0 unspecified atom stereocenters. The van der Waals surface area contributed by atoms with E-state index in [2.05, 4.69) is 254 Å². The molecule has 4 aliphatic rings. The average molecular weight is 904 g/mol. The van der Waals surface area contributed by atoms with E-state index in [4.69, 9.17) is 0 Å². The maximum Gasteiger partial charge on any atom is 0.0726 e. The van der Waals surface area contributed by atoms with E-state index in [1.54, 1.807) is 0 Å². The zero-order valence-corrected chi connectivity index (χ0v) is 38.8. The summed E-state index contributed by atoms with van der Waals surface area (Å²) in [6.45, 7) is 0. The minimum atomic E-state index is -0.464. The zero-order chi connectivity index (χ0) is 45.7. The van der Waals surface area contributed by atoms with Gasteiger partial charge >= 0.3 is 0 Å². The predicted octanol–water partition coefficient (Wildman–Crippen LogP) is 17.9. The van der Waals surface area contributed by atoms with Crippen molar-refractivity contribution < 1.29 is 0 Å². The Balaban J connectivity index is 0.947. The van der Waals surface area contributed by atoms with Gasteiger partial charge in [0.15, 0.2) is 0 Å². The van der Waals surface area contributed by atoms with Gasteiger partial charge in [-0.2, -0.15) is 0 Å². The summed E-state index contributed by atoms with van der Waals surface area (Å²) in [4.78, 5) is 2.53. The van der Waals surface area contributed by atoms with Crippen molar-refractivity contribution in [2.75, 3.05) is 4.90 Å². The average Bonchev–Trinajstić information content (AvgIpc) is 4.21. The molecule has 4 aliphatic carbocycles. The minimum absolute atomic E-state index is 0.464. The van der Waals surface area contributed by atoms with Gasteiger partial charge in [0.25, 0.3) is 0 Å². The third kappa shape index (κ3) is 4.76. The van der Waals surface area contributed by atoms with Gasteiger partial charge in [-0.1, -0.05) is 206 Å². The van der Waals surface area contributed by atoms with E-state index in [1.807, 2.05) is 11.3 Å². The molecule has 1 heterocycles. The molecular weight excluding hydrogens is 863 g/mol. The van der Waals surface area contributed by atoms with Crippen LogP contribution in [0.1, 0.15) is 44.5 Å². The third-order valence-electron chi connectivity index (χ3n) is 16.3. The molecule has 0 aliphatic heterocycles. The van der Waals surface area contributed by atoms with Crippen molar-refractivity contribution in [3.63, 3.8) is 0 Å². The first-order valence-corrected chi connectivity index (χ1v) is 25.2. The van der Waals surface area contributed by atoms with E-state index in [0.717, 1.165) is 17.1 Å². The lowest BCUT2D eigenvalue weighted by atomic mass is 9.70. The largest absolute Gasteiger partial charge is 0.310 e. The van der Waals surface area contributed by atoms with Gasteiger partial charge in [0.1, 0.15) is 0 Å². The third-order valence-corrected chi connectivity index (χ3v) is 17.5. The predicted molar refractivity (Wildman–Crippen MR) is 292 cm³/mol. The number of anilines is 3. The molecule has 0 radical (unpaired) electrons. The number of rotatable bonds is 4. The SMILES string of the molecule is c1ccc2c(c1)-c1ccccc1C21c2ccccc2-c2ccc(N(c3ccc(-c4cccc5c4sc4ccccc45)cc3)c3ccc4c(c3)C3(c5ccccc5-c5ccccc53)c3ccccc3-4)cc21. The molecule has 0 bridgehead atoms. The van der Waals surface area contributed by atoms with E-state index in [-0.39, 0.29) is 0 Å². The summed E-state index contributed by atoms with van der Waals surface area (Å²) >= 11 is 1.89. The fraction of sp³-hybridized carbons (Fsp3) is 0.0294. The number of hydrogen-bond acceptors (Lipinski definition) is 2. The first-order valence-electron chi connectivity index (χ1n) is 24.4. The molecule has 0 fully saturated rings. The Morgan fingerprint density at radius 3 is 1.04 bits per heavy atom. The number of nitrogens with zero attached hydrogens (tertiary/aromatic N) is 1. The van der Waals surface area contributed by atoms with E-state index in [0.29, 0.717) is 0 Å². The van der Waals surface area contributed by atoms with Gasteiger partial charge in [-0.25, -0.2) is 0 Å². The first-order chi connectivity index (χ1) is 34.7. The normalized spacial score (nSPS) is 14.2. The second-order valence-corrected chi connectivity index (χ2v) is 20.4. The summed E-state index contributed by atoms with van der Waals surface area (Å²) in [5.41, 5.74) is 26.1. The topological polar surface area (TPSA) is 3.24 Å². The molecule has 0 saturated heterocycles. The van der Waals surface area contributed by atoms with Crippen molar-refractivity contribution >= 4 is 48.6 Å². The van der Waals surface area contributed by atoms with Crippen molar-refractivity contribution in [3.8, 4) is 55.6 Å². The van der Waals surface area contributed by atoms with Gasteiger partial charge in [0.05, 0.1) is 10.8 Å². The Bertz CT molecular complexity index is 3890. The molecule has 11 aromatic carbocycles. The summed E-state index contributed by atoms with van der Waals surface area (Å²) in [5, 5.41) is 2.63.